The third kappa shape index (κ3) is 8.45. The Kier molecular flexibility index (Phi) is 12.2. The second kappa shape index (κ2) is 12.6. The normalized spacial score (nSPS) is 15.0. The molecule has 0 saturated carbocycles. The second-order valence-corrected chi connectivity index (χ2v) is 7.86. The number of hydrogen-bond donors (Lipinski definition) is 0. The SMILES string of the molecule is CC(C)N(C(C)C)C(CC#N)OPOC(CC#N)N(C(C)C)C(C)C. The first-order valence-electron chi connectivity index (χ1n) is 9.02. The van der Waals surface area contributed by atoms with Crippen LogP contribution in [0.4, 0.5) is 0 Å². The molecule has 25 heavy (non-hydrogen) atoms. The van der Waals surface area contributed by atoms with Crippen LogP contribution in [0.2, 0.25) is 0 Å². The molecular weight excluding hydrogens is 335 g/mol. The molecule has 0 aromatic heterocycles. The summed E-state index contributed by atoms with van der Waals surface area (Å²) in [5.74, 6) is 0. The van der Waals surface area contributed by atoms with E-state index in [0.717, 1.165) is 0 Å². The van der Waals surface area contributed by atoms with E-state index in [9.17, 15) is 0 Å². The maximum absolute atomic E-state index is 9.13. The van der Waals surface area contributed by atoms with E-state index in [1.807, 2.05) is 0 Å². The van der Waals surface area contributed by atoms with Crippen molar-refractivity contribution < 1.29 is 9.05 Å². The van der Waals surface area contributed by atoms with Gasteiger partial charge in [0.25, 0.3) is 0 Å². The molecule has 0 radical (unpaired) electrons. The van der Waals surface area contributed by atoms with Gasteiger partial charge in [0.1, 0.15) is 12.5 Å². The summed E-state index contributed by atoms with van der Waals surface area (Å²) in [6.07, 6.45) is -0.0447. The molecule has 0 saturated heterocycles. The zero-order valence-electron chi connectivity index (χ0n) is 17.0. The zero-order valence-corrected chi connectivity index (χ0v) is 18.0. The largest absolute Gasteiger partial charge is 0.316 e. The molecular formula is C18H35N4O2P. The van der Waals surface area contributed by atoms with Crippen LogP contribution >= 0.6 is 9.03 Å². The van der Waals surface area contributed by atoms with Gasteiger partial charge in [0, 0.05) is 24.2 Å². The second-order valence-electron chi connectivity index (χ2n) is 7.22. The van der Waals surface area contributed by atoms with Gasteiger partial charge in [-0.05, 0) is 55.4 Å². The van der Waals surface area contributed by atoms with Crippen LogP contribution in [-0.2, 0) is 9.05 Å². The lowest BCUT2D eigenvalue weighted by molar-refractivity contribution is -0.0403. The number of rotatable bonds is 12. The van der Waals surface area contributed by atoms with E-state index in [1.165, 1.54) is 0 Å². The molecule has 0 spiro atoms. The lowest BCUT2D eigenvalue weighted by atomic mass is 10.2. The van der Waals surface area contributed by atoms with Crippen molar-refractivity contribution in [3.63, 3.8) is 0 Å². The maximum atomic E-state index is 9.13. The summed E-state index contributed by atoms with van der Waals surface area (Å²) in [5, 5.41) is 18.3. The molecule has 0 N–H and O–H groups in total. The van der Waals surface area contributed by atoms with Gasteiger partial charge in [0.15, 0.2) is 9.03 Å². The average Bonchev–Trinajstić information content (AvgIpc) is 2.45. The summed E-state index contributed by atoms with van der Waals surface area (Å²) in [7, 11) is -0.217. The highest BCUT2D eigenvalue weighted by atomic mass is 31.1. The molecule has 0 aromatic rings. The minimum absolute atomic E-state index is 0.217. The standard InChI is InChI=1S/C18H35N4O2P/c1-13(2)21(14(3)4)17(9-11-19)23-25-24-18(10-12-20)22(15(5)6)16(7)8/h13-18,25H,9-10H2,1-8H3. The van der Waals surface area contributed by atoms with Crippen molar-refractivity contribution in [2.75, 3.05) is 0 Å². The van der Waals surface area contributed by atoms with Gasteiger partial charge in [-0.1, -0.05) is 0 Å². The first kappa shape index (κ1) is 24.2. The maximum Gasteiger partial charge on any atom is 0.158 e. The van der Waals surface area contributed by atoms with Crippen LogP contribution in [0.15, 0.2) is 0 Å². The third-order valence-corrected chi connectivity index (χ3v) is 4.69. The van der Waals surface area contributed by atoms with Gasteiger partial charge in [0.2, 0.25) is 0 Å². The first-order chi connectivity index (χ1) is 11.7. The molecule has 0 aliphatic rings. The van der Waals surface area contributed by atoms with Crippen molar-refractivity contribution in [1.29, 1.82) is 10.5 Å². The fraction of sp³-hybridized carbons (Fsp3) is 0.889. The van der Waals surface area contributed by atoms with Crippen molar-refractivity contribution in [3.05, 3.63) is 0 Å². The minimum Gasteiger partial charge on any atom is -0.316 e. The Morgan fingerprint density at radius 3 is 1.16 bits per heavy atom. The van der Waals surface area contributed by atoms with E-state index in [0.29, 0.717) is 0 Å². The zero-order chi connectivity index (χ0) is 19.6. The highest BCUT2D eigenvalue weighted by molar-refractivity contribution is 7.26. The van der Waals surface area contributed by atoms with Crippen LogP contribution in [0.1, 0.15) is 68.2 Å². The molecule has 0 amide bonds. The summed E-state index contributed by atoms with van der Waals surface area (Å²) < 4.78 is 11.9. The van der Waals surface area contributed by atoms with Crippen LogP contribution in [-0.4, -0.2) is 46.4 Å². The van der Waals surface area contributed by atoms with Crippen LogP contribution < -0.4 is 0 Å². The Labute approximate surface area is 156 Å². The molecule has 0 aliphatic carbocycles. The summed E-state index contributed by atoms with van der Waals surface area (Å²) in [6, 6.07) is 5.46. The number of nitriles is 2. The van der Waals surface area contributed by atoms with Crippen molar-refractivity contribution in [2.45, 2.75) is 105 Å². The lowest BCUT2D eigenvalue weighted by Crippen LogP contribution is -2.46. The fourth-order valence-corrected chi connectivity index (χ4v) is 3.92. The molecule has 0 fully saturated rings. The summed E-state index contributed by atoms with van der Waals surface area (Å²) in [6.45, 7) is 16.7. The van der Waals surface area contributed by atoms with Gasteiger partial charge in [-0.15, -0.1) is 0 Å². The molecule has 0 rings (SSSR count). The van der Waals surface area contributed by atoms with Crippen molar-refractivity contribution >= 4 is 9.03 Å². The highest BCUT2D eigenvalue weighted by Gasteiger charge is 2.27. The van der Waals surface area contributed by atoms with E-state index in [4.69, 9.17) is 19.6 Å². The van der Waals surface area contributed by atoms with Gasteiger partial charge in [-0.3, -0.25) is 9.80 Å². The van der Waals surface area contributed by atoms with E-state index >= 15 is 0 Å². The van der Waals surface area contributed by atoms with Crippen molar-refractivity contribution in [2.24, 2.45) is 0 Å². The fourth-order valence-electron chi connectivity index (χ4n) is 3.23. The molecule has 6 nitrogen and oxygen atoms in total. The first-order valence-corrected chi connectivity index (χ1v) is 9.83. The Balaban J connectivity index is 4.97. The lowest BCUT2D eigenvalue weighted by Gasteiger charge is -2.38. The minimum atomic E-state index is -0.308. The van der Waals surface area contributed by atoms with Gasteiger partial charge in [0.05, 0.1) is 25.0 Å². The van der Waals surface area contributed by atoms with Crippen molar-refractivity contribution in [3.8, 4) is 12.1 Å². The van der Waals surface area contributed by atoms with E-state index < -0.39 is 0 Å². The Bertz CT molecular complexity index is 387. The van der Waals surface area contributed by atoms with Crippen LogP contribution in [0, 0.1) is 22.7 Å². The molecule has 0 bridgehead atoms. The Morgan fingerprint density at radius 2 is 0.960 bits per heavy atom. The number of hydrogen-bond acceptors (Lipinski definition) is 6. The topological polar surface area (TPSA) is 72.5 Å². The molecule has 7 heteroatoms. The molecule has 0 heterocycles. The number of nitrogens with zero attached hydrogens (tertiary/aromatic N) is 4. The highest BCUT2D eigenvalue weighted by Crippen LogP contribution is 2.28. The van der Waals surface area contributed by atoms with E-state index in [1.54, 1.807) is 0 Å². The van der Waals surface area contributed by atoms with Crippen molar-refractivity contribution in [1.82, 2.24) is 9.80 Å². The van der Waals surface area contributed by atoms with Crippen LogP contribution in [0.25, 0.3) is 0 Å². The van der Waals surface area contributed by atoms with Gasteiger partial charge in [-0.2, -0.15) is 10.5 Å². The van der Waals surface area contributed by atoms with E-state index in [-0.39, 0.29) is 58.5 Å². The van der Waals surface area contributed by atoms with Gasteiger partial charge in [-0.25, -0.2) is 0 Å². The quantitative estimate of drug-likeness (QED) is 0.378. The summed E-state index contributed by atoms with van der Waals surface area (Å²) >= 11 is 0. The molecule has 2 unspecified atom stereocenters. The predicted octanol–water partition coefficient (Wildman–Crippen LogP) is 4.25. The molecule has 0 aliphatic heterocycles. The molecule has 2 atom stereocenters. The van der Waals surface area contributed by atoms with Gasteiger partial charge < -0.3 is 9.05 Å². The Morgan fingerprint density at radius 1 is 0.680 bits per heavy atom. The third-order valence-electron chi connectivity index (χ3n) is 3.95. The monoisotopic (exact) mass is 370 g/mol. The summed E-state index contributed by atoms with van der Waals surface area (Å²) in [4.78, 5) is 4.34. The van der Waals surface area contributed by atoms with Gasteiger partial charge >= 0.3 is 0 Å². The predicted molar refractivity (Wildman–Crippen MR) is 103 cm³/mol. The summed E-state index contributed by atoms with van der Waals surface area (Å²) in [5.41, 5.74) is 0. The Hall–Kier alpha value is -0.750. The van der Waals surface area contributed by atoms with Crippen LogP contribution in [0.3, 0.4) is 0 Å². The smallest absolute Gasteiger partial charge is 0.158 e. The molecule has 144 valence electrons. The van der Waals surface area contributed by atoms with E-state index in [2.05, 4.69) is 77.3 Å². The van der Waals surface area contributed by atoms with Crippen LogP contribution in [0.5, 0.6) is 0 Å². The average molecular weight is 370 g/mol. The molecule has 0 aromatic carbocycles.